The van der Waals surface area contributed by atoms with Crippen molar-refractivity contribution >= 4 is 5.91 Å². The number of rotatable bonds is 6. The number of amides is 1. The van der Waals surface area contributed by atoms with E-state index in [2.05, 4.69) is 9.73 Å². The molecule has 0 aliphatic heterocycles. The number of hydrogen-bond donors (Lipinski definition) is 2. The highest BCUT2D eigenvalue weighted by Crippen LogP contribution is 2.24. The molecule has 0 saturated carbocycles. The maximum atomic E-state index is 11.8. The normalized spacial score (nSPS) is 11.3. The van der Waals surface area contributed by atoms with E-state index in [-0.39, 0.29) is 17.9 Å². The second-order valence-electron chi connectivity index (χ2n) is 4.39. The van der Waals surface area contributed by atoms with Crippen LogP contribution in [0.5, 0.6) is 0 Å². The Bertz CT molecular complexity index is 420. The van der Waals surface area contributed by atoms with Crippen molar-refractivity contribution in [2.24, 2.45) is 5.41 Å². The Labute approximate surface area is 106 Å². The average Bonchev–Trinajstić information content (AvgIpc) is 2.41. The van der Waals surface area contributed by atoms with E-state index >= 15 is 0 Å². The molecule has 0 bridgehead atoms. The van der Waals surface area contributed by atoms with Gasteiger partial charge in [-0.15, -0.1) is 0 Å². The number of aliphatic hydroxyl groups is 1. The number of carbonyl (C=O) groups is 1. The highest BCUT2D eigenvalue weighted by atomic mass is 16.4. The molecule has 0 aliphatic carbocycles. The number of nitrogens with one attached hydrogen (secondary N) is 1. The lowest BCUT2D eigenvalue weighted by Crippen LogP contribution is -2.39. The molecule has 1 amide bonds. The highest BCUT2D eigenvalue weighted by Gasteiger charge is 2.25. The molecule has 100 valence electrons. The molecule has 0 atom stereocenters. The number of hydrogen-bond acceptors (Lipinski definition) is 4. The zero-order valence-electron chi connectivity index (χ0n) is 10.7. The minimum atomic E-state index is -0.488. The molecule has 0 aromatic carbocycles. The van der Waals surface area contributed by atoms with E-state index in [0.29, 0.717) is 12.1 Å². The van der Waals surface area contributed by atoms with Crippen LogP contribution in [0.3, 0.4) is 0 Å². The van der Waals surface area contributed by atoms with Crippen LogP contribution in [0.4, 0.5) is 0 Å². The van der Waals surface area contributed by atoms with Gasteiger partial charge in [-0.2, -0.15) is 0 Å². The van der Waals surface area contributed by atoms with Crippen LogP contribution in [0.2, 0.25) is 0 Å². The average molecular weight is 253 g/mol. The molecule has 0 aliphatic rings. The third-order valence-electron chi connectivity index (χ3n) is 3.42. The first-order valence-corrected chi connectivity index (χ1v) is 6.05. The van der Waals surface area contributed by atoms with E-state index in [9.17, 15) is 14.7 Å². The molecule has 0 spiro atoms. The summed E-state index contributed by atoms with van der Waals surface area (Å²) in [5.41, 5.74) is -0.474. The first kappa shape index (κ1) is 14.4. The Balaban J connectivity index is 2.65. The van der Waals surface area contributed by atoms with Crippen molar-refractivity contribution in [3.8, 4) is 0 Å². The largest absolute Gasteiger partial charge is 0.430 e. The van der Waals surface area contributed by atoms with Crippen LogP contribution < -0.4 is 10.9 Å². The summed E-state index contributed by atoms with van der Waals surface area (Å²) < 4.78 is 4.62. The molecule has 2 N–H and O–H groups in total. The van der Waals surface area contributed by atoms with E-state index in [1.54, 1.807) is 0 Å². The van der Waals surface area contributed by atoms with Gasteiger partial charge in [0.05, 0.1) is 12.2 Å². The quantitative estimate of drug-likeness (QED) is 0.797. The molecule has 1 heterocycles. The first-order chi connectivity index (χ1) is 8.56. The second kappa shape index (κ2) is 6.35. The zero-order chi connectivity index (χ0) is 13.6. The van der Waals surface area contributed by atoms with E-state index < -0.39 is 5.63 Å². The van der Waals surface area contributed by atoms with E-state index in [0.717, 1.165) is 19.1 Å². The van der Waals surface area contributed by atoms with Gasteiger partial charge in [-0.05, 0) is 18.9 Å². The van der Waals surface area contributed by atoms with E-state index in [1.165, 1.54) is 12.1 Å². The molecule has 1 aromatic rings. The van der Waals surface area contributed by atoms with Crippen molar-refractivity contribution in [3.05, 3.63) is 34.4 Å². The van der Waals surface area contributed by atoms with Crippen LogP contribution >= 0.6 is 0 Å². The topological polar surface area (TPSA) is 79.5 Å². The fraction of sp³-hybridized carbons (Fsp3) is 0.538. The Morgan fingerprint density at radius 3 is 2.50 bits per heavy atom. The molecule has 5 heteroatoms. The second-order valence-corrected chi connectivity index (χ2v) is 4.39. The van der Waals surface area contributed by atoms with Crippen molar-refractivity contribution < 1.29 is 14.3 Å². The first-order valence-electron chi connectivity index (χ1n) is 6.05. The molecular weight excluding hydrogens is 234 g/mol. The Hall–Kier alpha value is -1.62. The van der Waals surface area contributed by atoms with Gasteiger partial charge in [-0.25, -0.2) is 4.79 Å². The summed E-state index contributed by atoms with van der Waals surface area (Å²) in [5.74, 6) is -0.307. The Kier molecular flexibility index (Phi) is 5.09. The van der Waals surface area contributed by atoms with Gasteiger partial charge in [0, 0.05) is 18.0 Å². The molecule has 0 fully saturated rings. The van der Waals surface area contributed by atoms with Crippen LogP contribution in [-0.4, -0.2) is 24.2 Å². The summed E-state index contributed by atoms with van der Waals surface area (Å²) in [6.45, 7) is 4.39. The van der Waals surface area contributed by atoms with Crippen molar-refractivity contribution in [2.75, 3.05) is 13.2 Å². The third kappa shape index (κ3) is 3.43. The fourth-order valence-corrected chi connectivity index (χ4v) is 1.64. The zero-order valence-corrected chi connectivity index (χ0v) is 10.7. The van der Waals surface area contributed by atoms with Crippen LogP contribution in [0.1, 0.15) is 37.0 Å². The van der Waals surface area contributed by atoms with Crippen LogP contribution in [0.15, 0.2) is 27.6 Å². The molecule has 0 unspecified atom stereocenters. The van der Waals surface area contributed by atoms with Gasteiger partial charge in [-0.1, -0.05) is 13.8 Å². The summed E-state index contributed by atoms with van der Waals surface area (Å²) in [5, 5.41) is 12.1. The van der Waals surface area contributed by atoms with Gasteiger partial charge in [-0.3, -0.25) is 4.79 Å². The van der Waals surface area contributed by atoms with Crippen molar-refractivity contribution in [2.45, 2.75) is 26.7 Å². The predicted molar refractivity (Wildman–Crippen MR) is 67.4 cm³/mol. The lowest BCUT2D eigenvalue weighted by atomic mass is 9.83. The summed E-state index contributed by atoms with van der Waals surface area (Å²) >= 11 is 0. The molecule has 0 saturated heterocycles. The van der Waals surface area contributed by atoms with Gasteiger partial charge in [0.15, 0.2) is 0 Å². The number of aliphatic hydroxyl groups excluding tert-OH is 1. The van der Waals surface area contributed by atoms with E-state index in [4.69, 9.17) is 0 Å². The number of carbonyl (C=O) groups excluding carboxylic acids is 1. The fourth-order valence-electron chi connectivity index (χ4n) is 1.64. The third-order valence-corrected chi connectivity index (χ3v) is 3.42. The SMILES string of the molecule is CCC(CC)(CO)CNC(=O)c1ccc(=O)oc1. The van der Waals surface area contributed by atoms with Gasteiger partial charge in [0.25, 0.3) is 5.91 Å². The van der Waals surface area contributed by atoms with Crippen molar-refractivity contribution in [1.82, 2.24) is 5.32 Å². The highest BCUT2D eigenvalue weighted by molar-refractivity contribution is 5.93. The van der Waals surface area contributed by atoms with Crippen molar-refractivity contribution in [1.29, 1.82) is 0 Å². The van der Waals surface area contributed by atoms with Crippen LogP contribution in [0.25, 0.3) is 0 Å². The summed E-state index contributed by atoms with van der Waals surface area (Å²) in [6, 6.07) is 2.62. The van der Waals surface area contributed by atoms with E-state index in [1.807, 2.05) is 13.8 Å². The van der Waals surface area contributed by atoms with Gasteiger partial charge in [0.1, 0.15) is 6.26 Å². The summed E-state index contributed by atoms with van der Waals surface area (Å²) in [7, 11) is 0. The molecule has 5 nitrogen and oxygen atoms in total. The minimum absolute atomic E-state index is 0.0319. The monoisotopic (exact) mass is 253 g/mol. The Morgan fingerprint density at radius 2 is 2.06 bits per heavy atom. The van der Waals surface area contributed by atoms with Crippen molar-refractivity contribution in [3.63, 3.8) is 0 Å². The van der Waals surface area contributed by atoms with Crippen LogP contribution in [-0.2, 0) is 0 Å². The van der Waals surface area contributed by atoms with Gasteiger partial charge < -0.3 is 14.8 Å². The Morgan fingerprint density at radius 1 is 1.39 bits per heavy atom. The lowest BCUT2D eigenvalue weighted by Gasteiger charge is -2.29. The standard InChI is InChI=1S/C13H19NO4/c1-3-13(4-2,9-15)8-14-12(17)10-5-6-11(16)18-7-10/h5-7,15H,3-4,8-9H2,1-2H3,(H,14,17). The maximum Gasteiger partial charge on any atom is 0.335 e. The molecule has 1 rings (SSSR count). The maximum absolute atomic E-state index is 11.8. The predicted octanol–water partition coefficient (Wildman–Crippen LogP) is 1.17. The van der Waals surface area contributed by atoms with Crippen LogP contribution in [0, 0.1) is 5.41 Å². The lowest BCUT2D eigenvalue weighted by molar-refractivity contribution is 0.0849. The summed E-state index contributed by atoms with van der Waals surface area (Å²) in [4.78, 5) is 22.6. The molecule has 18 heavy (non-hydrogen) atoms. The van der Waals surface area contributed by atoms with Gasteiger partial charge >= 0.3 is 5.63 Å². The minimum Gasteiger partial charge on any atom is -0.430 e. The molecule has 0 radical (unpaired) electrons. The molecular formula is C13H19NO4. The van der Waals surface area contributed by atoms with Gasteiger partial charge in [0.2, 0.25) is 0 Å². The smallest absolute Gasteiger partial charge is 0.335 e. The molecule has 1 aromatic heterocycles. The summed E-state index contributed by atoms with van der Waals surface area (Å²) in [6.07, 6.45) is 2.70.